The molecule has 1 aromatic carbocycles. The molecule has 0 saturated carbocycles. The maximum absolute atomic E-state index is 13.4. The van der Waals surface area contributed by atoms with Gasteiger partial charge in [-0.15, -0.1) is 0 Å². The molecule has 3 amide bonds. The third kappa shape index (κ3) is 4.29. The molecule has 7 heteroatoms. The first-order chi connectivity index (χ1) is 12.0. The lowest BCUT2D eigenvalue weighted by Crippen LogP contribution is -2.46. The fourth-order valence-corrected chi connectivity index (χ4v) is 3.22. The second-order valence-electron chi connectivity index (χ2n) is 6.50. The summed E-state index contributed by atoms with van der Waals surface area (Å²) in [5, 5.41) is 6.48. The number of benzene rings is 1. The van der Waals surface area contributed by atoms with Crippen LogP contribution in [-0.2, 0) is 11.2 Å². The van der Waals surface area contributed by atoms with Crippen LogP contribution in [0.4, 0.5) is 9.18 Å². The summed E-state index contributed by atoms with van der Waals surface area (Å²) in [6, 6.07) is 4.25. The Morgan fingerprint density at radius 2 is 2.28 bits per heavy atom. The van der Waals surface area contributed by atoms with Gasteiger partial charge in [-0.05, 0) is 43.5 Å². The zero-order valence-electron chi connectivity index (χ0n) is 14.3. The highest BCUT2D eigenvalue weighted by Gasteiger charge is 2.22. The van der Waals surface area contributed by atoms with Crippen molar-refractivity contribution in [2.45, 2.75) is 32.2 Å². The lowest BCUT2D eigenvalue weighted by atomic mass is 10.1. The van der Waals surface area contributed by atoms with E-state index in [4.69, 9.17) is 0 Å². The zero-order chi connectivity index (χ0) is 17.8. The van der Waals surface area contributed by atoms with E-state index in [1.165, 1.54) is 12.1 Å². The molecular weight excluding hydrogens is 323 g/mol. The van der Waals surface area contributed by atoms with Gasteiger partial charge < -0.3 is 20.5 Å². The van der Waals surface area contributed by atoms with Crippen LogP contribution in [0.1, 0.15) is 25.3 Å². The normalized spacial score (nSPS) is 15.6. The van der Waals surface area contributed by atoms with E-state index in [0.717, 1.165) is 29.4 Å². The summed E-state index contributed by atoms with van der Waals surface area (Å²) in [6.45, 7) is 3.63. The molecule has 0 radical (unpaired) electrons. The number of amides is 3. The molecule has 1 aromatic heterocycles. The molecule has 0 unspecified atom stereocenters. The summed E-state index contributed by atoms with van der Waals surface area (Å²) < 4.78 is 13.4. The number of fused-ring (bicyclic) bond motifs is 1. The quantitative estimate of drug-likeness (QED) is 0.750. The van der Waals surface area contributed by atoms with Crippen LogP contribution in [0.3, 0.4) is 0 Å². The average molecular weight is 346 g/mol. The summed E-state index contributed by atoms with van der Waals surface area (Å²) >= 11 is 0. The monoisotopic (exact) mass is 346 g/mol. The number of hydrogen-bond donors (Lipinski definition) is 3. The molecule has 0 bridgehead atoms. The highest BCUT2D eigenvalue weighted by molar-refractivity contribution is 5.83. The van der Waals surface area contributed by atoms with Crippen LogP contribution in [0, 0.1) is 5.82 Å². The van der Waals surface area contributed by atoms with Crippen molar-refractivity contribution in [3.05, 3.63) is 35.8 Å². The van der Waals surface area contributed by atoms with Crippen LogP contribution in [0.25, 0.3) is 10.9 Å². The van der Waals surface area contributed by atoms with Gasteiger partial charge in [0, 0.05) is 49.2 Å². The number of hydrogen-bond acceptors (Lipinski definition) is 2. The van der Waals surface area contributed by atoms with Gasteiger partial charge in [-0.3, -0.25) is 4.79 Å². The lowest BCUT2D eigenvalue weighted by Gasteiger charge is -2.21. The Bertz CT molecular complexity index is 774. The summed E-state index contributed by atoms with van der Waals surface area (Å²) in [7, 11) is 0. The Kier molecular flexibility index (Phi) is 5.21. The Hall–Kier alpha value is -2.57. The summed E-state index contributed by atoms with van der Waals surface area (Å²) in [4.78, 5) is 28.4. The second kappa shape index (κ2) is 7.55. The highest BCUT2D eigenvalue weighted by Crippen LogP contribution is 2.19. The van der Waals surface area contributed by atoms with Crippen LogP contribution in [-0.4, -0.2) is 47.5 Å². The first-order valence-electron chi connectivity index (χ1n) is 8.60. The number of carbonyl (C=O) groups is 2. The largest absolute Gasteiger partial charge is 0.361 e. The average Bonchev–Trinajstić information content (AvgIpc) is 3.14. The molecule has 2 aromatic rings. The number of urea groups is 1. The van der Waals surface area contributed by atoms with Gasteiger partial charge in [0.1, 0.15) is 5.82 Å². The molecule has 6 nitrogen and oxygen atoms in total. The molecule has 2 heterocycles. The fraction of sp³-hybridized carbons (Fsp3) is 0.444. The van der Waals surface area contributed by atoms with Crippen LogP contribution >= 0.6 is 0 Å². The van der Waals surface area contributed by atoms with Crippen molar-refractivity contribution in [3.63, 3.8) is 0 Å². The van der Waals surface area contributed by atoms with E-state index in [0.29, 0.717) is 25.9 Å². The molecule has 134 valence electrons. The van der Waals surface area contributed by atoms with E-state index in [-0.39, 0.29) is 23.8 Å². The number of aromatic nitrogens is 1. The molecule has 1 atom stereocenters. The minimum atomic E-state index is -0.274. The number of nitrogens with zero attached hydrogens (tertiary/aromatic N) is 1. The molecule has 25 heavy (non-hydrogen) atoms. The van der Waals surface area contributed by atoms with Gasteiger partial charge >= 0.3 is 6.03 Å². The van der Waals surface area contributed by atoms with Gasteiger partial charge in [-0.2, -0.15) is 0 Å². The van der Waals surface area contributed by atoms with Gasteiger partial charge in [-0.1, -0.05) is 0 Å². The standard InChI is InChI=1S/C18H23FN4O2/c1-12(11-23-8-2-3-17(23)24)22-18(25)20-7-6-13-10-21-16-5-4-14(19)9-15(13)16/h4-5,9-10,12,21H,2-3,6-8,11H2,1H3,(H2,20,22,25)/t12-/m1/s1. The van der Waals surface area contributed by atoms with Crippen molar-refractivity contribution in [2.75, 3.05) is 19.6 Å². The lowest BCUT2D eigenvalue weighted by molar-refractivity contribution is -0.127. The third-order valence-electron chi connectivity index (χ3n) is 4.45. The number of likely N-dealkylation sites (tertiary alicyclic amines) is 1. The Morgan fingerprint density at radius 3 is 3.04 bits per heavy atom. The van der Waals surface area contributed by atoms with E-state index in [1.54, 1.807) is 11.0 Å². The van der Waals surface area contributed by atoms with Crippen molar-refractivity contribution < 1.29 is 14.0 Å². The molecule has 1 aliphatic rings. The molecular formula is C18H23FN4O2. The van der Waals surface area contributed by atoms with Crippen LogP contribution in [0.5, 0.6) is 0 Å². The van der Waals surface area contributed by atoms with Gasteiger partial charge in [0.15, 0.2) is 0 Å². The fourth-order valence-electron chi connectivity index (χ4n) is 3.22. The van der Waals surface area contributed by atoms with E-state index in [1.807, 2.05) is 13.1 Å². The molecule has 1 aliphatic heterocycles. The van der Waals surface area contributed by atoms with E-state index >= 15 is 0 Å². The maximum Gasteiger partial charge on any atom is 0.315 e. The van der Waals surface area contributed by atoms with Crippen molar-refractivity contribution in [3.8, 4) is 0 Å². The van der Waals surface area contributed by atoms with Gasteiger partial charge in [0.25, 0.3) is 0 Å². The Morgan fingerprint density at radius 1 is 1.44 bits per heavy atom. The van der Waals surface area contributed by atoms with Crippen molar-refractivity contribution in [2.24, 2.45) is 0 Å². The van der Waals surface area contributed by atoms with E-state index < -0.39 is 0 Å². The summed E-state index contributed by atoms with van der Waals surface area (Å²) in [6.07, 6.45) is 3.94. The van der Waals surface area contributed by atoms with Crippen molar-refractivity contribution >= 4 is 22.8 Å². The number of aromatic amines is 1. The summed E-state index contributed by atoms with van der Waals surface area (Å²) in [5.41, 5.74) is 1.84. The Balaban J connectivity index is 1.44. The number of rotatable bonds is 6. The molecule has 0 aliphatic carbocycles. The maximum atomic E-state index is 13.4. The molecule has 3 N–H and O–H groups in total. The smallest absolute Gasteiger partial charge is 0.315 e. The molecule has 1 fully saturated rings. The topological polar surface area (TPSA) is 77.2 Å². The molecule has 0 spiro atoms. The minimum Gasteiger partial charge on any atom is -0.361 e. The molecule has 1 saturated heterocycles. The number of nitrogens with one attached hydrogen (secondary N) is 3. The van der Waals surface area contributed by atoms with Crippen molar-refractivity contribution in [1.29, 1.82) is 0 Å². The predicted octanol–water partition coefficient (Wildman–Crippen LogP) is 2.16. The Labute approximate surface area is 145 Å². The van der Waals surface area contributed by atoms with Gasteiger partial charge in [0.05, 0.1) is 0 Å². The van der Waals surface area contributed by atoms with Crippen molar-refractivity contribution in [1.82, 2.24) is 20.5 Å². The van der Waals surface area contributed by atoms with Gasteiger partial charge in [0.2, 0.25) is 5.91 Å². The van der Waals surface area contributed by atoms with Gasteiger partial charge in [-0.25, -0.2) is 9.18 Å². The van der Waals surface area contributed by atoms with Crippen LogP contribution in [0.2, 0.25) is 0 Å². The third-order valence-corrected chi connectivity index (χ3v) is 4.45. The molecule has 3 rings (SSSR count). The predicted molar refractivity (Wildman–Crippen MR) is 93.8 cm³/mol. The minimum absolute atomic E-state index is 0.107. The number of halogens is 1. The number of H-pyrrole nitrogens is 1. The van der Waals surface area contributed by atoms with Crippen LogP contribution < -0.4 is 10.6 Å². The van der Waals surface area contributed by atoms with Crippen LogP contribution in [0.15, 0.2) is 24.4 Å². The highest BCUT2D eigenvalue weighted by atomic mass is 19.1. The first-order valence-corrected chi connectivity index (χ1v) is 8.60. The summed E-state index contributed by atoms with van der Waals surface area (Å²) in [5.74, 6) is -0.120. The van der Waals surface area contributed by atoms with E-state index in [2.05, 4.69) is 15.6 Å². The SMILES string of the molecule is C[C@H](CN1CCCC1=O)NC(=O)NCCc1c[nH]c2ccc(F)cc12. The van der Waals surface area contributed by atoms with E-state index in [9.17, 15) is 14.0 Å². The first kappa shape index (κ1) is 17.3. The zero-order valence-corrected chi connectivity index (χ0v) is 14.3. The number of carbonyl (C=O) groups excluding carboxylic acids is 2. The second-order valence-corrected chi connectivity index (χ2v) is 6.50.